The van der Waals surface area contributed by atoms with Crippen LogP contribution in [-0.2, 0) is 4.74 Å². The summed E-state index contributed by atoms with van der Waals surface area (Å²) in [4.78, 5) is 12.1. The summed E-state index contributed by atoms with van der Waals surface area (Å²) < 4.78 is 4.89. The number of ether oxygens (including phenoxy) is 1. The van der Waals surface area contributed by atoms with Crippen LogP contribution in [0.3, 0.4) is 0 Å². The first kappa shape index (κ1) is 13.1. The Kier molecular flexibility index (Phi) is 3.47. The van der Waals surface area contributed by atoms with E-state index < -0.39 is 36.5 Å². The van der Waals surface area contributed by atoms with E-state index in [0.717, 1.165) is 0 Å². The van der Waals surface area contributed by atoms with E-state index in [4.69, 9.17) is 9.84 Å². The average molecular weight is 254 g/mol. The van der Waals surface area contributed by atoms with E-state index in [0.29, 0.717) is 0 Å². The monoisotopic (exact) mass is 254 g/mol. The lowest BCUT2D eigenvalue weighted by atomic mass is 9.97. The molecule has 4 N–H and O–H groups in total. The summed E-state index contributed by atoms with van der Waals surface area (Å²) in [5.74, 6) is -3.39. The van der Waals surface area contributed by atoms with Crippen molar-refractivity contribution < 1.29 is 30.0 Å². The minimum Gasteiger partial charge on any atom is -0.394 e. The minimum atomic E-state index is -2.53. The van der Waals surface area contributed by atoms with Gasteiger partial charge in [0.15, 0.2) is 0 Å². The molecular formula is C12H14O6. The maximum atomic E-state index is 12.1. The summed E-state index contributed by atoms with van der Waals surface area (Å²) in [6, 6.07) is 7.79. The van der Waals surface area contributed by atoms with E-state index in [-0.39, 0.29) is 5.56 Å². The van der Waals surface area contributed by atoms with Crippen molar-refractivity contribution in [1.29, 1.82) is 0 Å². The molecule has 0 amide bonds. The molecule has 1 fully saturated rings. The SMILES string of the molecule is O=C(c1ccccc1)[C@@]1(O)O[C@H](CO)[C@@H](O)[C@H]1O. The van der Waals surface area contributed by atoms with Crippen molar-refractivity contribution in [2.45, 2.75) is 24.1 Å². The number of carbonyl (C=O) groups is 1. The zero-order valence-corrected chi connectivity index (χ0v) is 9.43. The standard InChI is InChI=1S/C12H14O6/c13-6-8-9(14)11(16)12(17,18-8)10(15)7-4-2-1-3-5-7/h1-5,8-9,11,13-14,16-17H,6H2/t8-,9-,11-,12-/m1/s1. The number of benzene rings is 1. The van der Waals surface area contributed by atoms with Gasteiger partial charge < -0.3 is 25.2 Å². The van der Waals surface area contributed by atoms with Crippen LogP contribution in [0.4, 0.5) is 0 Å². The van der Waals surface area contributed by atoms with Crippen LogP contribution in [0.1, 0.15) is 10.4 Å². The summed E-state index contributed by atoms with van der Waals surface area (Å²) in [6.45, 7) is -0.609. The molecule has 0 aliphatic carbocycles. The number of aliphatic hydroxyl groups is 4. The molecule has 0 saturated carbocycles. The Hall–Kier alpha value is -1.31. The molecular weight excluding hydrogens is 240 g/mol. The van der Waals surface area contributed by atoms with Crippen LogP contribution in [-0.4, -0.2) is 56.9 Å². The molecule has 1 heterocycles. The maximum Gasteiger partial charge on any atom is 0.261 e. The molecule has 6 nitrogen and oxygen atoms in total. The predicted molar refractivity (Wildman–Crippen MR) is 59.7 cm³/mol. The highest BCUT2D eigenvalue weighted by Gasteiger charge is 2.57. The molecule has 0 radical (unpaired) electrons. The molecule has 98 valence electrons. The summed E-state index contributed by atoms with van der Waals surface area (Å²) in [5.41, 5.74) is 0.143. The van der Waals surface area contributed by atoms with Gasteiger partial charge in [-0.1, -0.05) is 30.3 Å². The first-order chi connectivity index (χ1) is 8.50. The van der Waals surface area contributed by atoms with Crippen LogP contribution >= 0.6 is 0 Å². The van der Waals surface area contributed by atoms with Crippen LogP contribution in [0.15, 0.2) is 30.3 Å². The van der Waals surface area contributed by atoms with Gasteiger partial charge >= 0.3 is 0 Å². The highest BCUT2D eigenvalue weighted by molar-refractivity contribution is 6.02. The minimum absolute atomic E-state index is 0.143. The number of hydrogen-bond donors (Lipinski definition) is 4. The topological polar surface area (TPSA) is 107 Å². The number of ketones is 1. The number of Topliss-reactive ketones (excluding diaryl/α,β-unsaturated/α-hetero) is 1. The van der Waals surface area contributed by atoms with Crippen LogP contribution < -0.4 is 0 Å². The predicted octanol–water partition coefficient (Wildman–Crippen LogP) is -1.33. The van der Waals surface area contributed by atoms with Gasteiger partial charge in [-0.25, -0.2) is 0 Å². The second-order valence-electron chi connectivity index (χ2n) is 4.17. The highest BCUT2D eigenvalue weighted by Crippen LogP contribution is 2.32. The fourth-order valence-electron chi connectivity index (χ4n) is 1.93. The molecule has 18 heavy (non-hydrogen) atoms. The van der Waals surface area contributed by atoms with Gasteiger partial charge in [-0.15, -0.1) is 0 Å². The molecule has 1 aromatic carbocycles. The number of hydrogen-bond acceptors (Lipinski definition) is 6. The van der Waals surface area contributed by atoms with E-state index in [1.165, 1.54) is 12.1 Å². The Balaban J connectivity index is 2.30. The van der Waals surface area contributed by atoms with E-state index >= 15 is 0 Å². The summed E-state index contributed by atoms with van der Waals surface area (Å²) in [6.07, 6.45) is -4.52. The van der Waals surface area contributed by atoms with Crippen molar-refractivity contribution in [2.75, 3.05) is 6.61 Å². The van der Waals surface area contributed by atoms with Gasteiger partial charge in [0.1, 0.15) is 18.3 Å². The lowest BCUT2D eigenvalue weighted by Crippen LogP contribution is -2.49. The lowest BCUT2D eigenvalue weighted by Gasteiger charge is -2.24. The first-order valence-corrected chi connectivity index (χ1v) is 5.47. The average Bonchev–Trinajstić information content (AvgIpc) is 2.64. The number of rotatable bonds is 3. The normalized spacial score (nSPS) is 35.7. The molecule has 0 aromatic heterocycles. The molecule has 1 aliphatic heterocycles. The zero-order valence-electron chi connectivity index (χ0n) is 9.43. The lowest BCUT2D eigenvalue weighted by molar-refractivity contribution is -0.193. The molecule has 0 spiro atoms. The van der Waals surface area contributed by atoms with Crippen molar-refractivity contribution in [3.8, 4) is 0 Å². The number of carbonyl (C=O) groups excluding carboxylic acids is 1. The van der Waals surface area contributed by atoms with Crippen LogP contribution in [0.5, 0.6) is 0 Å². The first-order valence-electron chi connectivity index (χ1n) is 5.47. The summed E-state index contributed by atoms with van der Waals surface area (Å²) in [7, 11) is 0. The molecule has 1 aliphatic rings. The smallest absolute Gasteiger partial charge is 0.261 e. The van der Waals surface area contributed by atoms with Crippen molar-refractivity contribution in [3.63, 3.8) is 0 Å². The van der Waals surface area contributed by atoms with Crippen molar-refractivity contribution in [3.05, 3.63) is 35.9 Å². The van der Waals surface area contributed by atoms with Gasteiger partial charge in [0.05, 0.1) is 6.61 Å². The summed E-state index contributed by atoms with van der Waals surface area (Å²) >= 11 is 0. The van der Waals surface area contributed by atoms with E-state index in [1.54, 1.807) is 18.2 Å². The van der Waals surface area contributed by atoms with Gasteiger partial charge in [-0.05, 0) is 0 Å². The van der Waals surface area contributed by atoms with E-state index in [9.17, 15) is 20.1 Å². The van der Waals surface area contributed by atoms with Crippen LogP contribution in [0.25, 0.3) is 0 Å². The second kappa shape index (κ2) is 4.75. The Bertz CT molecular complexity index is 433. The van der Waals surface area contributed by atoms with Crippen LogP contribution in [0, 0.1) is 0 Å². The van der Waals surface area contributed by atoms with Crippen LogP contribution in [0.2, 0.25) is 0 Å². The largest absolute Gasteiger partial charge is 0.394 e. The fourth-order valence-corrected chi connectivity index (χ4v) is 1.93. The van der Waals surface area contributed by atoms with Gasteiger partial charge in [0.2, 0.25) is 5.78 Å². The van der Waals surface area contributed by atoms with Gasteiger partial charge in [0, 0.05) is 5.56 Å². The molecule has 6 heteroatoms. The Morgan fingerprint density at radius 3 is 2.39 bits per heavy atom. The van der Waals surface area contributed by atoms with Crippen molar-refractivity contribution in [2.24, 2.45) is 0 Å². The van der Waals surface area contributed by atoms with E-state index in [1.807, 2.05) is 0 Å². The third-order valence-corrected chi connectivity index (χ3v) is 2.98. The molecule has 0 unspecified atom stereocenters. The fraction of sp³-hybridized carbons (Fsp3) is 0.417. The molecule has 2 rings (SSSR count). The molecule has 1 saturated heterocycles. The molecule has 1 aromatic rings. The zero-order chi connectivity index (χ0) is 13.3. The van der Waals surface area contributed by atoms with Gasteiger partial charge in [-0.2, -0.15) is 0 Å². The van der Waals surface area contributed by atoms with Crippen molar-refractivity contribution >= 4 is 5.78 Å². The van der Waals surface area contributed by atoms with Crippen molar-refractivity contribution in [1.82, 2.24) is 0 Å². The Morgan fingerprint density at radius 1 is 1.28 bits per heavy atom. The molecule has 0 bridgehead atoms. The Morgan fingerprint density at radius 2 is 1.89 bits per heavy atom. The van der Waals surface area contributed by atoms with Gasteiger partial charge in [-0.3, -0.25) is 4.79 Å². The third kappa shape index (κ3) is 1.94. The molecule has 4 atom stereocenters. The van der Waals surface area contributed by atoms with E-state index in [2.05, 4.69) is 0 Å². The Labute approximate surface area is 103 Å². The quantitative estimate of drug-likeness (QED) is 0.498. The van der Waals surface area contributed by atoms with Gasteiger partial charge in [0.25, 0.3) is 5.79 Å². The highest BCUT2D eigenvalue weighted by atomic mass is 16.7. The number of aliphatic hydroxyl groups excluding tert-OH is 3. The maximum absolute atomic E-state index is 12.1. The summed E-state index contributed by atoms with van der Waals surface area (Å²) in [5, 5.41) is 38.2. The second-order valence-corrected chi connectivity index (χ2v) is 4.17. The third-order valence-electron chi connectivity index (χ3n) is 2.98.